The van der Waals surface area contributed by atoms with E-state index in [0.29, 0.717) is 29.2 Å². The van der Waals surface area contributed by atoms with E-state index in [1.165, 1.54) is 6.07 Å². The zero-order valence-corrected chi connectivity index (χ0v) is 23.2. The number of halogens is 3. The number of amides is 1. The molecule has 216 valence electrons. The van der Waals surface area contributed by atoms with E-state index in [1.54, 1.807) is 17.0 Å². The van der Waals surface area contributed by atoms with Crippen LogP contribution in [0, 0.1) is 17.3 Å². The van der Waals surface area contributed by atoms with Crippen LogP contribution in [0.2, 0.25) is 0 Å². The molecule has 2 aliphatic heterocycles. The van der Waals surface area contributed by atoms with E-state index in [1.807, 2.05) is 12.1 Å². The summed E-state index contributed by atoms with van der Waals surface area (Å²) in [6, 6.07) is 10.9. The topological polar surface area (TPSA) is 70.1 Å². The molecular weight excluding hydrogens is 521 g/mol. The molecule has 1 saturated carbocycles. The number of carboxylic acid groups (broad SMARTS) is 1. The van der Waals surface area contributed by atoms with Gasteiger partial charge in [0, 0.05) is 18.2 Å². The molecule has 1 aliphatic carbocycles. The summed E-state index contributed by atoms with van der Waals surface area (Å²) in [6.45, 7) is 8.21. The van der Waals surface area contributed by atoms with Gasteiger partial charge in [0.1, 0.15) is 5.75 Å². The van der Waals surface area contributed by atoms with Gasteiger partial charge in [0.25, 0.3) is 0 Å². The SMILES string of the molecule is CC1CN(C2CC[C@@](C(=O)N3COc4ccc(C(F)(F)F)cc4C3)(C(C)C)C2)CCC1c1cccc(C(=O)O)c1. The third-order valence-corrected chi connectivity index (χ3v) is 9.48. The van der Waals surface area contributed by atoms with Gasteiger partial charge in [0.2, 0.25) is 5.91 Å². The largest absolute Gasteiger partial charge is 0.478 e. The predicted octanol–water partition coefficient (Wildman–Crippen LogP) is 6.40. The third kappa shape index (κ3) is 5.32. The van der Waals surface area contributed by atoms with E-state index in [2.05, 4.69) is 25.7 Å². The van der Waals surface area contributed by atoms with Gasteiger partial charge >= 0.3 is 12.1 Å². The molecule has 3 unspecified atom stereocenters. The number of fused-ring (bicyclic) bond motifs is 1. The molecule has 1 saturated heterocycles. The molecule has 1 N–H and O–H groups in total. The molecular formula is C31H37F3N2O4. The Bertz CT molecular complexity index is 1280. The molecule has 2 aromatic carbocycles. The molecule has 1 amide bonds. The number of hydrogen-bond donors (Lipinski definition) is 1. The summed E-state index contributed by atoms with van der Waals surface area (Å²) >= 11 is 0. The van der Waals surface area contributed by atoms with Gasteiger partial charge in [0.05, 0.1) is 23.1 Å². The van der Waals surface area contributed by atoms with Gasteiger partial charge in [-0.1, -0.05) is 32.9 Å². The number of alkyl halides is 3. The average Bonchev–Trinajstić information content (AvgIpc) is 3.38. The van der Waals surface area contributed by atoms with Crippen molar-refractivity contribution in [1.82, 2.24) is 9.80 Å². The van der Waals surface area contributed by atoms with Crippen molar-refractivity contribution in [2.24, 2.45) is 17.3 Å². The number of carbonyl (C=O) groups is 2. The van der Waals surface area contributed by atoms with Crippen molar-refractivity contribution in [3.63, 3.8) is 0 Å². The van der Waals surface area contributed by atoms with Crippen molar-refractivity contribution < 1.29 is 32.6 Å². The van der Waals surface area contributed by atoms with Crippen LogP contribution in [-0.4, -0.2) is 52.6 Å². The monoisotopic (exact) mass is 558 g/mol. The fourth-order valence-electron chi connectivity index (χ4n) is 7.10. The van der Waals surface area contributed by atoms with Gasteiger partial charge in [-0.2, -0.15) is 13.2 Å². The lowest BCUT2D eigenvalue weighted by Crippen LogP contribution is -2.49. The molecule has 0 bridgehead atoms. The van der Waals surface area contributed by atoms with E-state index in [0.717, 1.165) is 50.0 Å². The van der Waals surface area contributed by atoms with Gasteiger partial charge in [0.15, 0.2) is 6.73 Å². The molecule has 0 aromatic heterocycles. The highest BCUT2D eigenvalue weighted by atomic mass is 19.4. The number of carboxylic acids is 1. The van der Waals surface area contributed by atoms with Crippen molar-refractivity contribution in [2.75, 3.05) is 19.8 Å². The highest BCUT2D eigenvalue weighted by molar-refractivity contribution is 5.87. The fourth-order valence-corrected chi connectivity index (χ4v) is 7.10. The van der Waals surface area contributed by atoms with E-state index in [-0.39, 0.29) is 37.1 Å². The van der Waals surface area contributed by atoms with Gasteiger partial charge in [-0.05, 0) is 85.9 Å². The van der Waals surface area contributed by atoms with Gasteiger partial charge < -0.3 is 19.6 Å². The lowest BCUT2D eigenvalue weighted by molar-refractivity contribution is -0.150. The third-order valence-electron chi connectivity index (χ3n) is 9.48. The van der Waals surface area contributed by atoms with E-state index >= 15 is 0 Å². The molecule has 3 aliphatic rings. The lowest BCUT2D eigenvalue weighted by Gasteiger charge is -2.42. The van der Waals surface area contributed by atoms with Crippen LogP contribution in [0.4, 0.5) is 13.2 Å². The van der Waals surface area contributed by atoms with E-state index in [9.17, 15) is 27.9 Å². The van der Waals surface area contributed by atoms with Gasteiger partial charge in [-0.25, -0.2) is 4.79 Å². The van der Waals surface area contributed by atoms with Crippen LogP contribution >= 0.6 is 0 Å². The second kappa shape index (κ2) is 10.7. The second-order valence-electron chi connectivity index (χ2n) is 12.1. The number of likely N-dealkylation sites (tertiary alicyclic amines) is 1. The second-order valence-corrected chi connectivity index (χ2v) is 12.1. The molecule has 0 spiro atoms. The summed E-state index contributed by atoms with van der Waals surface area (Å²) in [4.78, 5) is 29.5. The number of nitrogens with zero attached hydrogens (tertiary/aromatic N) is 2. The Balaban J connectivity index is 1.28. The standard InChI is InChI=1S/C31H37F3N2O4/c1-19(2)30(29(39)36-17-23-14-24(31(32,33)34)7-8-27(23)40-18-36)11-9-25(15-30)35-12-10-26(20(3)16-35)21-5-4-6-22(13-21)28(37)38/h4-8,13-14,19-20,25-26H,9-12,15-18H2,1-3H3,(H,37,38)/t20?,25?,26?,30-/m0/s1. The first-order valence-corrected chi connectivity index (χ1v) is 14.1. The number of hydrogen-bond acceptors (Lipinski definition) is 4. The summed E-state index contributed by atoms with van der Waals surface area (Å²) in [5.74, 6) is 0.114. The van der Waals surface area contributed by atoms with Crippen LogP contribution in [0.15, 0.2) is 42.5 Å². The number of carbonyl (C=O) groups excluding carboxylic acids is 1. The van der Waals surface area contributed by atoms with Gasteiger partial charge in [-0.15, -0.1) is 0 Å². The Hall–Kier alpha value is -3.07. The van der Waals surface area contributed by atoms with Crippen LogP contribution in [0.5, 0.6) is 5.75 Å². The molecule has 6 nitrogen and oxygen atoms in total. The fraction of sp³-hybridized carbons (Fsp3) is 0.548. The molecule has 2 fully saturated rings. The number of piperidine rings is 1. The van der Waals surface area contributed by atoms with Crippen molar-refractivity contribution in [1.29, 1.82) is 0 Å². The van der Waals surface area contributed by atoms with Crippen molar-refractivity contribution in [3.8, 4) is 5.75 Å². The minimum absolute atomic E-state index is 0.0359. The normalized spacial score (nSPS) is 27.4. The first kappa shape index (κ1) is 28.5. The summed E-state index contributed by atoms with van der Waals surface area (Å²) in [5.41, 5.74) is 0.413. The molecule has 40 heavy (non-hydrogen) atoms. The zero-order valence-electron chi connectivity index (χ0n) is 23.2. The molecule has 2 aromatic rings. The van der Waals surface area contributed by atoms with Gasteiger partial charge in [-0.3, -0.25) is 4.79 Å². The maximum Gasteiger partial charge on any atom is 0.416 e. The van der Waals surface area contributed by atoms with Crippen LogP contribution < -0.4 is 4.74 Å². The minimum Gasteiger partial charge on any atom is -0.478 e. The van der Waals surface area contributed by atoms with Crippen LogP contribution in [-0.2, 0) is 17.5 Å². The Kier molecular flexibility index (Phi) is 7.63. The van der Waals surface area contributed by atoms with Crippen molar-refractivity contribution >= 4 is 11.9 Å². The highest BCUT2D eigenvalue weighted by Gasteiger charge is 2.51. The molecule has 5 rings (SSSR count). The average molecular weight is 559 g/mol. The number of ether oxygens (including phenoxy) is 1. The smallest absolute Gasteiger partial charge is 0.416 e. The summed E-state index contributed by atoms with van der Waals surface area (Å²) in [6.07, 6.45) is -1.21. The van der Waals surface area contributed by atoms with E-state index in [4.69, 9.17) is 4.74 Å². The first-order valence-electron chi connectivity index (χ1n) is 14.1. The number of rotatable bonds is 5. The predicted molar refractivity (Wildman–Crippen MR) is 144 cm³/mol. The zero-order chi connectivity index (χ0) is 28.8. The lowest BCUT2D eigenvalue weighted by atomic mass is 9.74. The van der Waals surface area contributed by atoms with Crippen LogP contribution in [0.25, 0.3) is 0 Å². The Morgan fingerprint density at radius 2 is 1.90 bits per heavy atom. The number of aromatic carboxylic acids is 1. The minimum atomic E-state index is -4.46. The maximum absolute atomic E-state index is 14.0. The maximum atomic E-state index is 14.0. The van der Waals surface area contributed by atoms with Crippen molar-refractivity contribution in [2.45, 2.75) is 71.1 Å². The Morgan fingerprint density at radius 3 is 2.58 bits per heavy atom. The van der Waals surface area contributed by atoms with E-state index < -0.39 is 23.1 Å². The first-order chi connectivity index (χ1) is 18.9. The highest BCUT2D eigenvalue weighted by Crippen LogP contribution is 2.49. The summed E-state index contributed by atoms with van der Waals surface area (Å²) < 4.78 is 45.6. The summed E-state index contributed by atoms with van der Waals surface area (Å²) in [7, 11) is 0. The number of benzene rings is 2. The van der Waals surface area contributed by atoms with Crippen LogP contribution in [0.1, 0.15) is 79.4 Å². The Morgan fingerprint density at radius 1 is 1.12 bits per heavy atom. The van der Waals surface area contributed by atoms with Crippen LogP contribution in [0.3, 0.4) is 0 Å². The quantitative estimate of drug-likeness (QED) is 0.460. The summed E-state index contributed by atoms with van der Waals surface area (Å²) in [5, 5.41) is 9.39. The Labute approximate surface area is 233 Å². The van der Waals surface area contributed by atoms with Crippen molar-refractivity contribution in [3.05, 3.63) is 64.7 Å². The molecule has 0 radical (unpaired) electrons. The molecule has 2 heterocycles. The molecule has 4 atom stereocenters. The molecule has 9 heteroatoms.